The van der Waals surface area contributed by atoms with Crippen LogP contribution in [0.5, 0.6) is 0 Å². The highest BCUT2D eigenvalue weighted by atomic mass is 16.2. The molecule has 1 heterocycles. The number of carbonyl (C=O) groups is 2. The summed E-state index contributed by atoms with van der Waals surface area (Å²) >= 11 is 0. The Balaban J connectivity index is 1.53. The van der Waals surface area contributed by atoms with Crippen LogP contribution < -0.4 is 10.6 Å². The summed E-state index contributed by atoms with van der Waals surface area (Å²) < 4.78 is 0. The van der Waals surface area contributed by atoms with Crippen molar-refractivity contribution in [3.8, 4) is 0 Å². The van der Waals surface area contributed by atoms with Gasteiger partial charge in [0.25, 0.3) is 5.91 Å². The van der Waals surface area contributed by atoms with Gasteiger partial charge in [0.15, 0.2) is 0 Å². The van der Waals surface area contributed by atoms with E-state index in [9.17, 15) is 9.59 Å². The first kappa shape index (κ1) is 23.0. The molecule has 0 radical (unpaired) electrons. The molecule has 1 saturated heterocycles. The number of piperidine rings is 1. The van der Waals surface area contributed by atoms with Gasteiger partial charge in [0.2, 0.25) is 5.91 Å². The Morgan fingerprint density at radius 1 is 1.00 bits per heavy atom. The first-order chi connectivity index (χ1) is 14.9. The lowest BCUT2D eigenvalue weighted by atomic mass is 9.99. The van der Waals surface area contributed by atoms with Crippen LogP contribution in [0.3, 0.4) is 0 Å². The summed E-state index contributed by atoms with van der Waals surface area (Å²) in [4.78, 5) is 28.2. The normalized spacial score (nSPS) is 16.1. The summed E-state index contributed by atoms with van der Waals surface area (Å²) in [5.41, 5.74) is 2.86. The molecule has 2 N–H and O–H groups in total. The van der Waals surface area contributed by atoms with E-state index in [1.54, 1.807) is 6.07 Å². The molecule has 166 valence electrons. The molecule has 1 aliphatic heterocycles. The van der Waals surface area contributed by atoms with Gasteiger partial charge < -0.3 is 10.6 Å². The number of rotatable bonds is 8. The molecule has 2 amide bonds. The number of amides is 2. The summed E-state index contributed by atoms with van der Waals surface area (Å²) in [6.45, 7) is 8.93. The monoisotopic (exact) mass is 421 g/mol. The van der Waals surface area contributed by atoms with Crippen LogP contribution in [0, 0.1) is 12.8 Å². The number of nitrogens with one attached hydrogen (secondary N) is 2. The van der Waals surface area contributed by atoms with Gasteiger partial charge in [-0.3, -0.25) is 14.5 Å². The molecule has 0 saturated carbocycles. The van der Waals surface area contributed by atoms with Crippen LogP contribution >= 0.6 is 0 Å². The average Bonchev–Trinajstić information content (AvgIpc) is 2.75. The van der Waals surface area contributed by atoms with Crippen molar-refractivity contribution < 1.29 is 9.59 Å². The minimum Gasteiger partial charge on any atom is -0.351 e. The molecule has 3 rings (SSSR count). The number of benzene rings is 2. The molecule has 1 aliphatic rings. The van der Waals surface area contributed by atoms with E-state index in [-0.39, 0.29) is 17.9 Å². The molecule has 0 spiro atoms. The highest BCUT2D eigenvalue weighted by molar-refractivity contribution is 5.98. The maximum absolute atomic E-state index is 13.0. The average molecular weight is 422 g/mol. The van der Waals surface area contributed by atoms with Gasteiger partial charge >= 0.3 is 0 Å². The summed E-state index contributed by atoms with van der Waals surface area (Å²) in [5.74, 6) is 0.0503. The van der Waals surface area contributed by atoms with Crippen LogP contribution in [0.25, 0.3) is 0 Å². The van der Waals surface area contributed by atoms with E-state index in [4.69, 9.17) is 0 Å². The van der Waals surface area contributed by atoms with Crippen LogP contribution in [0.15, 0.2) is 54.6 Å². The van der Waals surface area contributed by atoms with Crippen LogP contribution in [0.2, 0.25) is 0 Å². The maximum Gasteiger partial charge on any atom is 0.252 e. The lowest BCUT2D eigenvalue weighted by molar-refractivity contribution is -0.124. The van der Waals surface area contributed by atoms with E-state index in [0.29, 0.717) is 17.9 Å². The standard InChI is InChI=1S/C26H35N3O2/c1-19(2)17-24(28-25(30)23-12-8-7-9-20(23)3)26(31)27-22-13-15-29(16-14-22)18-21-10-5-4-6-11-21/h4-12,19,22,24H,13-18H2,1-3H3,(H,27,31)(H,28,30). The fourth-order valence-electron chi connectivity index (χ4n) is 4.15. The maximum atomic E-state index is 13.0. The van der Waals surface area contributed by atoms with Crippen molar-refractivity contribution in [2.24, 2.45) is 5.92 Å². The van der Waals surface area contributed by atoms with Gasteiger partial charge in [-0.2, -0.15) is 0 Å². The smallest absolute Gasteiger partial charge is 0.252 e. The Morgan fingerprint density at radius 2 is 1.65 bits per heavy atom. The molecule has 1 fully saturated rings. The first-order valence-corrected chi connectivity index (χ1v) is 11.4. The molecule has 5 nitrogen and oxygen atoms in total. The highest BCUT2D eigenvalue weighted by Crippen LogP contribution is 2.15. The fourth-order valence-corrected chi connectivity index (χ4v) is 4.15. The van der Waals surface area contributed by atoms with Gasteiger partial charge in [-0.1, -0.05) is 62.4 Å². The van der Waals surface area contributed by atoms with Crippen LogP contribution in [-0.4, -0.2) is 41.9 Å². The van der Waals surface area contributed by atoms with Crippen molar-refractivity contribution in [2.75, 3.05) is 13.1 Å². The largest absolute Gasteiger partial charge is 0.351 e. The number of hydrogen-bond acceptors (Lipinski definition) is 3. The van der Waals surface area contributed by atoms with E-state index in [0.717, 1.165) is 38.0 Å². The second-order valence-electron chi connectivity index (χ2n) is 9.02. The van der Waals surface area contributed by atoms with E-state index in [1.807, 2.05) is 31.2 Å². The van der Waals surface area contributed by atoms with E-state index in [2.05, 4.69) is 53.6 Å². The zero-order valence-corrected chi connectivity index (χ0v) is 18.9. The summed E-state index contributed by atoms with van der Waals surface area (Å²) in [6.07, 6.45) is 2.48. The topological polar surface area (TPSA) is 61.4 Å². The molecule has 1 unspecified atom stereocenters. The summed E-state index contributed by atoms with van der Waals surface area (Å²) in [7, 11) is 0. The zero-order valence-electron chi connectivity index (χ0n) is 18.9. The van der Waals surface area contributed by atoms with Gasteiger partial charge in [-0.05, 0) is 49.3 Å². The Hall–Kier alpha value is -2.66. The number of aryl methyl sites for hydroxylation is 1. The number of hydrogen-bond donors (Lipinski definition) is 2. The fraction of sp³-hybridized carbons (Fsp3) is 0.462. The molecule has 0 aliphatic carbocycles. The van der Waals surface area contributed by atoms with Gasteiger partial charge in [-0.25, -0.2) is 0 Å². The van der Waals surface area contributed by atoms with Gasteiger partial charge in [0.05, 0.1) is 0 Å². The van der Waals surface area contributed by atoms with E-state index >= 15 is 0 Å². The van der Waals surface area contributed by atoms with Crippen molar-refractivity contribution in [2.45, 2.75) is 58.7 Å². The van der Waals surface area contributed by atoms with Crippen LogP contribution in [-0.2, 0) is 11.3 Å². The number of nitrogens with zero attached hydrogens (tertiary/aromatic N) is 1. The first-order valence-electron chi connectivity index (χ1n) is 11.4. The lowest BCUT2D eigenvalue weighted by Crippen LogP contribution is -2.52. The molecule has 2 aromatic rings. The Bertz CT molecular complexity index is 858. The summed E-state index contributed by atoms with van der Waals surface area (Å²) in [6, 6.07) is 17.6. The van der Waals surface area contributed by atoms with Crippen molar-refractivity contribution in [1.82, 2.24) is 15.5 Å². The van der Waals surface area contributed by atoms with Crippen molar-refractivity contribution in [1.29, 1.82) is 0 Å². The molecule has 0 aromatic heterocycles. The minimum atomic E-state index is -0.519. The lowest BCUT2D eigenvalue weighted by Gasteiger charge is -2.33. The third-order valence-electron chi connectivity index (χ3n) is 5.90. The second kappa shape index (κ2) is 11.1. The van der Waals surface area contributed by atoms with Crippen molar-refractivity contribution in [3.05, 3.63) is 71.3 Å². The third-order valence-corrected chi connectivity index (χ3v) is 5.90. The predicted octanol–water partition coefficient (Wildman–Crippen LogP) is 3.92. The highest BCUT2D eigenvalue weighted by Gasteiger charge is 2.27. The third kappa shape index (κ3) is 6.93. The molecule has 0 bridgehead atoms. The SMILES string of the molecule is Cc1ccccc1C(=O)NC(CC(C)C)C(=O)NC1CCN(Cc2ccccc2)CC1. The minimum absolute atomic E-state index is 0.0721. The zero-order chi connectivity index (χ0) is 22.2. The molecular formula is C26H35N3O2. The van der Waals surface area contributed by atoms with Gasteiger partial charge in [0.1, 0.15) is 6.04 Å². The summed E-state index contributed by atoms with van der Waals surface area (Å²) in [5, 5.41) is 6.17. The van der Waals surface area contributed by atoms with Crippen molar-refractivity contribution >= 4 is 11.8 Å². The van der Waals surface area contributed by atoms with Gasteiger partial charge in [0, 0.05) is 31.2 Å². The van der Waals surface area contributed by atoms with Crippen LogP contribution in [0.1, 0.15) is 54.6 Å². The predicted molar refractivity (Wildman–Crippen MR) is 125 cm³/mol. The Labute approximate surface area is 186 Å². The second-order valence-corrected chi connectivity index (χ2v) is 9.02. The molecule has 5 heteroatoms. The molecular weight excluding hydrogens is 386 g/mol. The van der Waals surface area contributed by atoms with Crippen LogP contribution in [0.4, 0.5) is 0 Å². The molecule has 2 aromatic carbocycles. The number of likely N-dealkylation sites (tertiary alicyclic amines) is 1. The Kier molecular flexibility index (Phi) is 8.24. The number of carbonyl (C=O) groups excluding carboxylic acids is 2. The van der Waals surface area contributed by atoms with E-state index in [1.165, 1.54) is 5.56 Å². The quantitative estimate of drug-likeness (QED) is 0.679. The van der Waals surface area contributed by atoms with Crippen molar-refractivity contribution in [3.63, 3.8) is 0 Å². The van der Waals surface area contributed by atoms with Gasteiger partial charge in [-0.15, -0.1) is 0 Å². The van der Waals surface area contributed by atoms with E-state index < -0.39 is 6.04 Å². The Morgan fingerprint density at radius 3 is 2.29 bits per heavy atom. The molecule has 1 atom stereocenters. The molecule has 31 heavy (non-hydrogen) atoms.